The average Bonchev–Trinajstić information content (AvgIpc) is 3.46. The van der Waals surface area contributed by atoms with Gasteiger partial charge in [-0.1, -0.05) is 0 Å². The molecule has 4 nitrogen and oxygen atoms in total. The lowest BCUT2D eigenvalue weighted by atomic mass is 10.1. The number of nitrogens with zero attached hydrogens (tertiary/aromatic N) is 2. The molecule has 0 spiro atoms. The Morgan fingerprint density at radius 3 is 2.87 bits per heavy atom. The number of rotatable bonds is 8. The number of aryl methyl sites for hydroxylation is 1. The van der Waals surface area contributed by atoms with Gasteiger partial charge in [0.2, 0.25) is 0 Å². The Morgan fingerprint density at radius 1 is 1.35 bits per heavy atom. The number of ether oxygens (including phenoxy) is 1. The molecule has 2 aromatic rings. The van der Waals surface area contributed by atoms with Crippen LogP contribution < -0.4 is 5.32 Å². The quantitative estimate of drug-likeness (QED) is 0.754. The second kappa shape index (κ2) is 6.25. The molecule has 2 heterocycles. The van der Waals surface area contributed by atoms with Crippen LogP contribution >= 0.6 is 0 Å². The molecule has 2 fully saturated rings. The maximum atomic E-state index is 5.20. The summed E-state index contributed by atoms with van der Waals surface area (Å²) in [7, 11) is 1.77. The first-order valence-corrected chi connectivity index (χ1v) is 9.01. The molecule has 2 aromatic heterocycles. The van der Waals surface area contributed by atoms with Gasteiger partial charge in [0.05, 0.1) is 16.9 Å². The van der Waals surface area contributed by atoms with E-state index in [9.17, 15) is 0 Å². The highest BCUT2D eigenvalue weighted by molar-refractivity contribution is 5.83. The van der Waals surface area contributed by atoms with Gasteiger partial charge >= 0.3 is 0 Å². The van der Waals surface area contributed by atoms with Gasteiger partial charge in [-0.3, -0.25) is 4.98 Å². The largest absolute Gasteiger partial charge is 0.385 e. The molecule has 1 unspecified atom stereocenters. The molecule has 0 aromatic carbocycles. The first-order chi connectivity index (χ1) is 11.3. The van der Waals surface area contributed by atoms with E-state index >= 15 is 0 Å². The summed E-state index contributed by atoms with van der Waals surface area (Å²) in [6, 6.07) is 5.60. The number of aromatic nitrogens is 2. The summed E-state index contributed by atoms with van der Waals surface area (Å²) in [5.74, 6) is 0.681. The Labute approximate surface area is 138 Å². The molecule has 1 atom stereocenters. The monoisotopic (exact) mass is 313 g/mol. The molecule has 2 aliphatic rings. The molecule has 124 valence electrons. The van der Waals surface area contributed by atoms with Gasteiger partial charge in [0.1, 0.15) is 0 Å². The van der Waals surface area contributed by atoms with Gasteiger partial charge in [-0.15, -0.1) is 0 Å². The van der Waals surface area contributed by atoms with Crippen molar-refractivity contribution in [3.05, 3.63) is 29.7 Å². The summed E-state index contributed by atoms with van der Waals surface area (Å²) in [6.07, 6.45) is 8.49. The van der Waals surface area contributed by atoms with E-state index < -0.39 is 0 Å². The van der Waals surface area contributed by atoms with Crippen molar-refractivity contribution in [1.29, 1.82) is 0 Å². The van der Waals surface area contributed by atoms with Gasteiger partial charge in [0.15, 0.2) is 0 Å². The third kappa shape index (κ3) is 3.29. The molecule has 4 heteroatoms. The maximum absolute atomic E-state index is 5.20. The Hall–Kier alpha value is -1.39. The number of nitrogens with one attached hydrogen (secondary N) is 1. The standard InChI is InChI=1S/C19H27N3O/c1-13(20-15-6-7-15)17-12-18-16(19(21-17)14-4-5-14)8-10-22(18)9-3-11-23-2/h8,10,12-15,20H,3-7,9,11H2,1-2H3. The van der Waals surface area contributed by atoms with Crippen LogP contribution in [0.3, 0.4) is 0 Å². The number of hydrogen-bond acceptors (Lipinski definition) is 3. The lowest BCUT2D eigenvalue weighted by molar-refractivity contribution is 0.190. The Morgan fingerprint density at radius 2 is 2.17 bits per heavy atom. The van der Waals surface area contributed by atoms with Crippen molar-refractivity contribution < 1.29 is 4.74 Å². The minimum absolute atomic E-state index is 0.340. The van der Waals surface area contributed by atoms with Crippen molar-refractivity contribution in [3.63, 3.8) is 0 Å². The first-order valence-electron chi connectivity index (χ1n) is 9.01. The SMILES string of the molecule is COCCCn1ccc2c(C3CC3)nc(C(C)NC3CC3)cc21. The van der Waals surface area contributed by atoms with Crippen molar-refractivity contribution >= 4 is 10.9 Å². The lowest BCUT2D eigenvalue weighted by Crippen LogP contribution is -2.22. The minimum atomic E-state index is 0.340. The Kier molecular flexibility index (Phi) is 4.12. The van der Waals surface area contributed by atoms with Crippen LogP contribution in [0.2, 0.25) is 0 Å². The molecule has 0 bridgehead atoms. The molecular weight excluding hydrogens is 286 g/mol. The molecule has 2 aliphatic carbocycles. The third-order valence-electron chi connectivity index (χ3n) is 5.03. The molecule has 0 amide bonds. The number of hydrogen-bond donors (Lipinski definition) is 1. The molecule has 0 aliphatic heterocycles. The van der Waals surface area contributed by atoms with E-state index in [4.69, 9.17) is 9.72 Å². The van der Waals surface area contributed by atoms with Crippen LogP contribution in [0.1, 0.15) is 62.4 Å². The molecule has 0 radical (unpaired) electrons. The lowest BCUT2D eigenvalue weighted by Gasteiger charge is -2.16. The fraction of sp³-hybridized carbons (Fsp3) is 0.632. The molecule has 2 saturated carbocycles. The highest BCUT2D eigenvalue weighted by Gasteiger charge is 2.29. The second-order valence-corrected chi connectivity index (χ2v) is 7.16. The zero-order chi connectivity index (χ0) is 15.8. The van der Waals surface area contributed by atoms with Gasteiger partial charge in [0, 0.05) is 49.8 Å². The van der Waals surface area contributed by atoms with Crippen LogP contribution in [-0.2, 0) is 11.3 Å². The second-order valence-electron chi connectivity index (χ2n) is 7.16. The van der Waals surface area contributed by atoms with Crippen molar-refractivity contribution in [2.24, 2.45) is 0 Å². The number of methoxy groups -OCH3 is 1. The zero-order valence-electron chi connectivity index (χ0n) is 14.2. The van der Waals surface area contributed by atoms with Crippen LogP contribution in [0.5, 0.6) is 0 Å². The first kappa shape index (κ1) is 15.2. The van der Waals surface area contributed by atoms with Crippen molar-refractivity contribution in [2.45, 2.75) is 63.6 Å². The molecule has 4 rings (SSSR count). The highest BCUT2D eigenvalue weighted by atomic mass is 16.5. The summed E-state index contributed by atoms with van der Waals surface area (Å²) in [5.41, 5.74) is 3.88. The molecule has 23 heavy (non-hydrogen) atoms. The summed E-state index contributed by atoms with van der Waals surface area (Å²) in [5, 5.41) is 5.05. The summed E-state index contributed by atoms with van der Waals surface area (Å²) >= 11 is 0. The average molecular weight is 313 g/mol. The molecule has 0 saturated heterocycles. The fourth-order valence-electron chi connectivity index (χ4n) is 3.39. The van der Waals surface area contributed by atoms with E-state index in [2.05, 4.69) is 35.1 Å². The Bertz CT molecular complexity index is 685. The van der Waals surface area contributed by atoms with Gasteiger partial charge in [0.25, 0.3) is 0 Å². The van der Waals surface area contributed by atoms with Crippen LogP contribution in [0.25, 0.3) is 10.9 Å². The van der Waals surface area contributed by atoms with E-state index in [1.165, 1.54) is 48.0 Å². The summed E-state index contributed by atoms with van der Waals surface area (Å²) in [6.45, 7) is 4.07. The normalized spacial score (nSPS) is 19.4. The van der Waals surface area contributed by atoms with E-state index in [0.717, 1.165) is 19.6 Å². The highest BCUT2D eigenvalue weighted by Crippen LogP contribution is 2.43. The minimum Gasteiger partial charge on any atom is -0.385 e. The fourth-order valence-corrected chi connectivity index (χ4v) is 3.39. The summed E-state index contributed by atoms with van der Waals surface area (Å²) in [4.78, 5) is 5.05. The molecule has 1 N–H and O–H groups in total. The van der Waals surface area contributed by atoms with Crippen LogP contribution in [0, 0.1) is 0 Å². The topological polar surface area (TPSA) is 39.1 Å². The number of fused-ring (bicyclic) bond motifs is 1. The van der Waals surface area contributed by atoms with Crippen molar-refractivity contribution in [2.75, 3.05) is 13.7 Å². The van der Waals surface area contributed by atoms with Crippen LogP contribution in [-0.4, -0.2) is 29.3 Å². The smallest absolute Gasteiger partial charge is 0.0595 e. The van der Waals surface area contributed by atoms with Crippen LogP contribution in [0.15, 0.2) is 18.3 Å². The van der Waals surface area contributed by atoms with Gasteiger partial charge < -0.3 is 14.6 Å². The van der Waals surface area contributed by atoms with E-state index in [-0.39, 0.29) is 0 Å². The van der Waals surface area contributed by atoms with Gasteiger partial charge in [-0.05, 0) is 51.2 Å². The Balaban J connectivity index is 1.67. The molecular formula is C19H27N3O. The maximum Gasteiger partial charge on any atom is 0.0595 e. The van der Waals surface area contributed by atoms with E-state index in [1.807, 2.05) is 0 Å². The van der Waals surface area contributed by atoms with Crippen molar-refractivity contribution in [3.8, 4) is 0 Å². The summed E-state index contributed by atoms with van der Waals surface area (Å²) < 4.78 is 7.57. The van der Waals surface area contributed by atoms with Gasteiger partial charge in [-0.25, -0.2) is 0 Å². The predicted octanol–water partition coefficient (Wildman–Crippen LogP) is 3.76. The van der Waals surface area contributed by atoms with E-state index in [0.29, 0.717) is 18.0 Å². The van der Waals surface area contributed by atoms with Crippen LogP contribution in [0.4, 0.5) is 0 Å². The van der Waals surface area contributed by atoms with Crippen molar-refractivity contribution in [1.82, 2.24) is 14.9 Å². The number of pyridine rings is 1. The van der Waals surface area contributed by atoms with Gasteiger partial charge in [-0.2, -0.15) is 0 Å². The zero-order valence-corrected chi connectivity index (χ0v) is 14.2. The third-order valence-corrected chi connectivity index (χ3v) is 5.03. The predicted molar refractivity (Wildman–Crippen MR) is 92.8 cm³/mol. The van der Waals surface area contributed by atoms with E-state index in [1.54, 1.807) is 7.11 Å².